The number of aryl methyl sites for hydroxylation is 1. The number of hydrogen-bond donors (Lipinski definition) is 1. The molecule has 21 heavy (non-hydrogen) atoms. The number of sulfonamides is 1. The van der Waals surface area contributed by atoms with Gasteiger partial charge in [0.25, 0.3) is 0 Å². The highest BCUT2D eigenvalue weighted by Gasteiger charge is 2.12. The average Bonchev–Trinajstić information content (AvgIpc) is 2.48. The lowest BCUT2D eigenvalue weighted by atomic mass is 10.1. The van der Waals surface area contributed by atoms with Crippen LogP contribution < -0.4 is 9.46 Å². The maximum absolute atomic E-state index is 12.1. The molecule has 0 aliphatic rings. The first kappa shape index (κ1) is 15.4. The summed E-state index contributed by atoms with van der Waals surface area (Å²) < 4.78 is 32.2. The van der Waals surface area contributed by atoms with E-state index in [1.54, 1.807) is 18.2 Å². The molecule has 4 nitrogen and oxygen atoms in total. The van der Waals surface area contributed by atoms with Crippen molar-refractivity contribution in [2.24, 2.45) is 0 Å². The number of benzene rings is 2. The summed E-state index contributed by atoms with van der Waals surface area (Å²) in [5.41, 5.74) is 1.62. The van der Waals surface area contributed by atoms with Crippen LogP contribution >= 0.6 is 0 Å². The zero-order valence-corrected chi connectivity index (χ0v) is 12.8. The van der Waals surface area contributed by atoms with E-state index in [2.05, 4.69) is 4.72 Å². The molecule has 2 rings (SSSR count). The first-order valence-corrected chi connectivity index (χ1v) is 8.52. The third-order valence-corrected chi connectivity index (χ3v) is 4.26. The summed E-state index contributed by atoms with van der Waals surface area (Å²) in [6, 6.07) is 16.6. The SMILES string of the molecule is CCc1ccccc1NS(=O)(=O)CCOc1ccccc1. The molecular weight excluding hydrogens is 286 g/mol. The zero-order chi connectivity index (χ0) is 15.1. The Balaban J connectivity index is 1.93. The van der Waals surface area contributed by atoms with Gasteiger partial charge in [-0.05, 0) is 30.2 Å². The quantitative estimate of drug-likeness (QED) is 0.855. The van der Waals surface area contributed by atoms with Gasteiger partial charge < -0.3 is 4.74 Å². The lowest BCUT2D eigenvalue weighted by Gasteiger charge is -2.12. The van der Waals surface area contributed by atoms with E-state index in [1.165, 1.54) is 0 Å². The summed E-state index contributed by atoms with van der Waals surface area (Å²) in [4.78, 5) is 0. The molecule has 0 amide bonds. The van der Waals surface area contributed by atoms with E-state index >= 15 is 0 Å². The van der Waals surface area contributed by atoms with Crippen LogP contribution in [0.1, 0.15) is 12.5 Å². The molecule has 0 bridgehead atoms. The van der Waals surface area contributed by atoms with E-state index in [4.69, 9.17) is 4.74 Å². The van der Waals surface area contributed by atoms with Crippen molar-refractivity contribution in [2.75, 3.05) is 17.1 Å². The minimum Gasteiger partial charge on any atom is -0.492 e. The molecule has 0 spiro atoms. The van der Waals surface area contributed by atoms with Gasteiger partial charge in [-0.25, -0.2) is 8.42 Å². The second kappa shape index (κ2) is 7.13. The van der Waals surface area contributed by atoms with Crippen LogP contribution in [0.4, 0.5) is 5.69 Å². The van der Waals surface area contributed by atoms with Crippen LogP contribution in [0.15, 0.2) is 54.6 Å². The van der Waals surface area contributed by atoms with Crippen molar-refractivity contribution in [3.05, 3.63) is 60.2 Å². The molecule has 0 aliphatic heterocycles. The molecule has 0 aromatic heterocycles. The molecule has 0 aliphatic carbocycles. The third-order valence-electron chi connectivity index (χ3n) is 3.03. The second-order valence-corrected chi connectivity index (χ2v) is 6.44. The highest BCUT2D eigenvalue weighted by Crippen LogP contribution is 2.17. The fourth-order valence-corrected chi connectivity index (χ4v) is 2.87. The van der Waals surface area contributed by atoms with E-state index in [9.17, 15) is 8.42 Å². The Bertz CT molecular complexity index is 669. The van der Waals surface area contributed by atoms with Gasteiger partial charge in [-0.1, -0.05) is 43.3 Å². The van der Waals surface area contributed by atoms with Gasteiger partial charge in [0, 0.05) is 0 Å². The summed E-state index contributed by atoms with van der Waals surface area (Å²) >= 11 is 0. The minimum absolute atomic E-state index is 0.0834. The Kier molecular flexibility index (Phi) is 5.22. The second-order valence-electron chi connectivity index (χ2n) is 4.59. The molecule has 0 fully saturated rings. The topological polar surface area (TPSA) is 55.4 Å². The zero-order valence-electron chi connectivity index (χ0n) is 12.0. The Morgan fingerprint density at radius 1 is 1.00 bits per heavy atom. The summed E-state index contributed by atoms with van der Waals surface area (Å²) in [6.07, 6.45) is 0.777. The first-order chi connectivity index (χ1) is 10.1. The van der Waals surface area contributed by atoms with Gasteiger partial charge in [0.2, 0.25) is 10.0 Å². The first-order valence-electron chi connectivity index (χ1n) is 6.87. The molecule has 1 N–H and O–H groups in total. The molecule has 0 saturated carbocycles. The van der Waals surface area contributed by atoms with Crippen molar-refractivity contribution in [1.82, 2.24) is 0 Å². The van der Waals surface area contributed by atoms with Crippen molar-refractivity contribution in [1.29, 1.82) is 0 Å². The lowest BCUT2D eigenvalue weighted by molar-refractivity contribution is 0.341. The molecular formula is C16H19NO3S. The van der Waals surface area contributed by atoms with Crippen LogP contribution in [-0.2, 0) is 16.4 Å². The molecule has 112 valence electrons. The Morgan fingerprint density at radius 2 is 1.67 bits per heavy atom. The highest BCUT2D eigenvalue weighted by molar-refractivity contribution is 7.92. The number of nitrogens with one attached hydrogen (secondary N) is 1. The highest BCUT2D eigenvalue weighted by atomic mass is 32.2. The van der Waals surface area contributed by atoms with Gasteiger partial charge >= 0.3 is 0 Å². The number of ether oxygens (including phenoxy) is 1. The van der Waals surface area contributed by atoms with Gasteiger partial charge in [0.05, 0.1) is 5.69 Å². The fourth-order valence-electron chi connectivity index (χ4n) is 1.93. The number of anilines is 1. The molecule has 5 heteroatoms. The predicted octanol–water partition coefficient (Wildman–Crippen LogP) is 3.07. The van der Waals surface area contributed by atoms with Crippen LogP contribution in [0.5, 0.6) is 5.75 Å². The largest absolute Gasteiger partial charge is 0.492 e. The van der Waals surface area contributed by atoms with E-state index in [-0.39, 0.29) is 12.4 Å². The van der Waals surface area contributed by atoms with Gasteiger partial charge in [0.1, 0.15) is 18.1 Å². The van der Waals surface area contributed by atoms with Crippen molar-refractivity contribution >= 4 is 15.7 Å². The van der Waals surface area contributed by atoms with Crippen molar-refractivity contribution in [2.45, 2.75) is 13.3 Å². The van der Waals surface area contributed by atoms with Crippen molar-refractivity contribution in [3.8, 4) is 5.75 Å². The standard InChI is InChI=1S/C16H19NO3S/c1-2-14-8-6-7-11-16(14)17-21(18,19)13-12-20-15-9-4-3-5-10-15/h3-11,17H,2,12-13H2,1H3. The van der Waals surface area contributed by atoms with Gasteiger partial charge in [0.15, 0.2) is 0 Å². The monoisotopic (exact) mass is 305 g/mol. The molecule has 0 atom stereocenters. The lowest BCUT2D eigenvalue weighted by Crippen LogP contribution is -2.21. The van der Waals surface area contributed by atoms with Gasteiger partial charge in [-0.2, -0.15) is 0 Å². The normalized spacial score (nSPS) is 11.1. The Morgan fingerprint density at radius 3 is 2.38 bits per heavy atom. The van der Waals surface area contributed by atoms with E-state index in [1.807, 2.05) is 43.3 Å². The Hall–Kier alpha value is -2.01. The van der Waals surface area contributed by atoms with Gasteiger partial charge in [-0.15, -0.1) is 0 Å². The molecule has 0 radical (unpaired) electrons. The molecule has 0 heterocycles. The number of para-hydroxylation sites is 2. The number of hydrogen-bond acceptors (Lipinski definition) is 3. The van der Waals surface area contributed by atoms with Crippen LogP contribution in [0.2, 0.25) is 0 Å². The minimum atomic E-state index is -3.41. The van der Waals surface area contributed by atoms with E-state index in [0.29, 0.717) is 11.4 Å². The summed E-state index contributed by atoms with van der Waals surface area (Å²) in [7, 11) is -3.41. The number of rotatable bonds is 7. The summed E-state index contributed by atoms with van der Waals surface area (Å²) in [6.45, 7) is 2.11. The summed E-state index contributed by atoms with van der Waals surface area (Å²) in [5, 5.41) is 0. The van der Waals surface area contributed by atoms with Crippen molar-refractivity contribution in [3.63, 3.8) is 0 Å². The van der Waals surface area contributed by atoms with E-state index in [0.717, 1.165) is 12.0 Å². The molecule has 2 aromatic carbocycles. The predicted molar refractivity (Wildman–Crippen MR) is 85.2 cm³/mol. The maximum atomic E-state index is 12.1. The smallest absolute Gasteiger partial charge is 0.236 e. The molecule has 0 saturated heterocycles. The van der Waals surface area contributed by atoms with E-state index < -0.39 is 10.0 Å². The van der Waals surface area contributed by atoms with Crippen LogP contribution in [0.3, 0.4) is 0 Å². The maximum Gasteiger partial charge on any atom is 0.236 e. The van der Waals surface area contributed by atoms with Crippen molar-refractivity contribution < 1.29 is 13.2 Å². The fraction of sp³-hybridized carbons (Fsp3) is 0.250. The van der Waals surface area contributed by atoms with Crippen LogP contribution in [0.25, 0.3) is 0 Å². The van der Waals surface area contributed by atoms with Crippen LogP contribution in [-0.4, -0.2) is 20.8 Å². The Labute approximate surface area is 125 Å². The molecule has 0 unspecified atom stereocenters. The molecule has 2 aromatic rings. The van der Waals surface area contributed by atoms with Crippen LogP contribution in [0, 0.1) is 0 Å². The summed E-state index contributed by atoms with van der Waals surface area (Å²) in [5.74, 6) is 0.585. The van der Waals surface area contributed by atoms with Gasteiger partial charge in [-0.3, -0.25) is 4.72 Å². The average molecular weight is 305 g/mol. The third kappa shape index (κ3) is 4.79.